The first kappa shape index (κ1) is 18.6. The molecule has 4 rings (SSSR count). The molecule has 0 atom stereocenters. The number of allylic oxidation sites excluding steroid dienone is 2. The average Bonchev–Trinajstić information content (AvgIpc) is 2.73. The van der Waals surface area contributed by atoms with Gasteiger partial charge in [-0.25, -0.2) is 0 Å². The number of hydrogen-bond acceptors (Lipinski definition) is 5. The smallest absolute Gasteiger partial charge is 0.282 e. The molecule has 0 radical (unpaired) electrons. The number of rotatable bonds is 4. The number of nitrogens with one attached hydrogen (secondary N) is 1. The van der Waals surface area contributed by atoms with Gasteiger partial charge in [0.05, 0.1) is 16.3 Å². The fraction of sp³-hybridized carbons (Fsp3) is 0. The topological polar surface area (TPSA) is 95.8 Å². The highest BCUT2D eigenvalue weighted by Crippen LogP contribution is 2.25. The van der Waals surface area contributed by atoms with Crippen molar-refractivity contribution in [2.75, 3.05) is 5.32 Å². The average molecular weight is 404 g/mol. The minimum atomic E-state index is -3.95. The normalized spacial score (nSPS) is 15.0. The summed E-state index contributed by atoms with van der Waals surface area (Å²) in [4.78, 5) is 13.0. The maximum Gasteiger partial charge on any atom is 0.282 e. The highest BCUT2D eigenvalue weighted by Gasteiger charge is 2.26. The van der Waals surface area contributed by atoms with E-state index in [1.54, 1.807) is 54.6 Å². The monoisotopic (exact) mass is 404 g/mol. The molecular weight excluding hydrogens is 388 g/mol. The zero-order valence-corrected chi connectivity index (χ0v) is 15.9. The summed E-state index contributed by atoms with van der Waals surface area (Å²) in [5, 5.41) is 12.4. The molecule has 144 valence electrons. The molecule has 29 heavy (non-hydrogen) atoms. The van der Waals surface area contributed by atoms with Crippen LogP contribution in [0.2, 0.25) is 0 Å². The molecule has 1 aliphatic rings. The molecule has 0 bridgehead atoms. The summed E-state index contributed by atoms with van der Waals surface area (Å²) in [5.41, 5.74) is 1.75. The van der Waals surface area contributed by atoms with E-state index in [1.165, 1.54) is 30.3 Å². The number of phenolic OH excluding ortho intramolecular Hbond substituents is 1. The zero-order valence-electron chi connectivity index (χ0n) is 15.1. The van der Waals surface area contributed by atoms with Gasteiger partial charge in [0.1, 0.15) is 5.75 Å². The van der Waals surface area contributed by atoms with E-state index in [0.29, 0.717) is 16.8 Å². The molecule has 0 aliphatic heterocycles. The lowest BCUT2D eigenvalue weighted by molar-refractivity contribution is 0.103. The first-order valence-electron chi connectivity index (χ1n) is 8.76. The lowest BCUT2D eigenvalue weighted by Crippen LogP contribution is -2.22. The lowest BCUT2D eigenvalue weighted by atomic mass is 9.92. The van der Waals surface area contributed by atoms with Crippen molar-refractivity contribution in [2.45, 2.75) is 4.90 Å². The number of hydrogen-bond donors (Lipinski definition) is 2. The maximum atomic E-state index is 12.9. The third-order valence-electron chi connectivity index (χ3n) is 4.38. The van der Waals surface area contributed by atoms with Gasteiger partial charge in [-0.2, -0.15) is 12.8 Å². The Morgan fingerprint density at radius 1 is 0.793 bits per heavy atom. The van der Waals surface area contributed by atoms with Gasteiger partial charge in [-0.15, -0.1) is 0 Å². The molecule has 0 amide bonds. The number of carbonyl (C=O) groups excluding carboxylic acids is 1. The van der Waals surface area contributed by atoms with Crippen LogP contribution < -0.4 is 5.32 Å². The molecular formula is C22H16N2O4S. The third kappa shape index (κ3) is 3.81. The Morgan fingerprint density at radius 2 is 1.41 bits per heavy atom. The summed E-state index contributed by atoms with van der Waals surface area (Å²) in [6.07, 6.45) is 1.43. The fourth-order valence-electron chi connectivity index (χ4n) is 2.97. The standard InChI is InChI=1S/C22H16N2O4S/c25-16-12-10-15(11-13-16)23-21-14-20(18-8-4-5-9-19(18)22(21)26)24-29(27,28)17-6-2-1-3-7-17/h1-14,23,25H/b24-20-. The quantitative estimate of drug-likeness (QED) is 0.646. The zero-order chi connectivity index (χ0) is 20.4. The predicted octanol–water partition coefficient (Wildman–Crippen LogP) is 3.76. The Kier molecular flexibility index (Phi) is 4.74. The summed E-state index contributed by atoms with van der Waals surface area (Å²) in [5.74, 6) is -0.175. The minimum absolute atomic E-state index is 0.0725. The predicted molar refractivity (Wildman–Crippen MR) is 111 cm³/mol. The SMILES string of the molecule is O=C1C(Nc2ccc(O)cc2)=C/C(=N/S(=O)(=O)c2ccccc2)c2ccccc21. The highest BCUT2D eigenvalue weighted by molar-refractivity contribution is 7.90. The summed E-state index contributed by atoms with van der Waals surface area (Å²) in [7, 11) is -3.95. The second-order valence-electron chi connectivity index (χ2n) is 6.37. The Bertz CT molecular complexity index is 1250. The van der Waals surface area contributed by atoms with E-state index in [4.69, 9.17) is 0 Å². The first-order valence-corrected chi connectivity index (χ1v) is 10.2. The van der Waals surface area contributed by atoms with Crippen LogP contribution in [0.15, 0.2) is 99.9 Å². The fourth-order valence-corrected chi connectivity index (χ4v) is 3.99. The van der Waals surface area contributed by atoms with Crippen LogP contribution in [0.25, 0.3) is 0 Å². The number of aromatic hydroxyl groups is 1. The van der Waals surface area contributed by atoms with Crippen molar-refractivity contribution in [2.24, 2.45) is 4.40 Å². The van der Waals surface area contributed by atoms with E-state index in [1.807, 2.05) is 0 Å². The molecule has 2 N–H and O–H groups in total. The van der Waals surface area contributed by atoms with Gasteiger partial charge < -0.3 is 10.4 Å². The van der Waals surface area contributed by atoms with E-state index in [2.05, 4.69) is 9.71 Å². The molecule has 0 saturated carbocycles. The number of carbonyl (C=O) groups is 1. The van der Waals surface area contributed by atoms with Crippen LogP contribution in [-0.4, -0.2) is 25.0 Å². The van der Waals surface area contributed by atoms with E-state index >= 15 is 0 Å². The molecule has 6 nitrogen and oxygen atoms in total. The van der Waals surface area contributed by atoms with Crippen LogP contribution in [0.1, 0.15) is 15.9 Å². The number of phenols is 1. The van der Waals surface area contributed by atoms with Crippen LogP contribution >= 0.6 is 0 Å². The second-order valence-corrected chi connectivity index (χ2v) is 7.97. The Hall–Kier alpha value is -3.71. The van der Waals surface area contributed by atoms with Gasteiger partial charge in [0, 0.05) is 16.8 Å². The number of anilines is 1. The van der Waals surface area contributed by atoms with Crippen molar-refractivity contribution in [3.8, 4) is 5.75 Å². The van der Waals surface area contributed by atoms with Crippen LogP contribution in [0, 0.1) is 0 Å². The van der Waals surface area contributed by atoms with Crippen molar-refractivity contribution in [1.29, 1.82) is 0 Å². The van der Waals surface area contributed by atoms with Crippen molar-refractivity contribution in [3.63, 3.8) is 0 Å². The van der Waals surface area contributed by atoms with Gasteiger partial charge in [-0.05, 0) is 42.5 Å². The van der Waals surface area contributed by atoms with Gasteiger partial charge in [0.15, 0.2) is 0 Å². The van der Waals surface area contributed by atoms with Gasteiger partial charge in [-0.3, -0.25) is 4.79 Å². The van der Waals surface area contributed by atoms with Gasteiger partial charge in [-0.1, -0.05) is 42.5 Å². The minimum Gasteiger partial charge on any atom is -0.508 e. The summed E-state index contributed by atoms with van der Waals surface area (Å²) in [6, 6.07) is 20.8. The molecule has 7 heteroatoms. The Balaban J connectivity index is 1.81. The van der Waals surface area contributed by atoms with Gasteiger partial charge in [0.2, 0.25) is 5.78 Å². The van der Waals surface area contributed by atoms with Crippen molar-refractivity contribution in [1.82, 2.24) is 0 Å². The number of sulfonamides is 1. The van der Waals surface area contributed by atoms with E-state index in [-0.39, 0.29) is 27.8 Å². The largest absolute Gasteiger partial charge is 0.508 e. The van der Waals surface area contributed by atoms with E-state index in [0.717, 1.165) is 0 Å². The number of ketones is 1. The molecule has 3 aromatic rings. The highest BCUT2D eigenvalue weighted by atomic mass is 32.2. The number of benzene rings is 3. The molecule has 0 saturated heterocycles. The van der Waals surface area contributed by atoms with Crippen molar-refractivity contribution >= 4 is 27.2 Å². The van der Waals surface area contributed by atoms with Crippen LogP contribution in [0.3, 0.4) is 0 Å². The molecule has 0 unspecified atom stereocenters. The third-order valence-corrected chi connectivity index (χ3v) is 5.68. The van der Waals surface area contributed by atoms with E-state index in [9.17, 15) is 18.3 Å². The van der Waals surface area contributed by atoms with Gasteiger partial charge >= 0.3 is 0 Å². The molecule has 3 aromatic carbocycles. The maximum absolute atomic E-state index is 12.9. The lowest BCUT2D eigenvalue weighted by Gasteiger charge is -2.18. The van der Waals surface area contributed by atoms with Gasteiger partial charge in [0.25, 0.3) is 10.0 Å². The van der Waals surface area contributed by atoms with Crippen LogP contribution in [0.4, 0.5) is 5.69 Å². The molecule has 0 spiro atoms. The number of Topliss-reactive ketones (excluding diaryl/α,β-unsaturated/α-hetero) is 1. The molecule has 0 fully saturated rings. The number of fused-ring (bicyclic) bond motifs is 1. The van der Waals surface area contributed by atoms with Crippen molar-refractivity contribution in [3.05, 3.63) is 102 Å². The number of nitrogens with zero attached hydrogens (tertiary/aromatic N) is 1. The Morgan fingerprint density at radius 3 is 2.10 bits per heavy atom. The summed E-state index contributed by atoms with van der Waals surface area (Å²) < 4.78 is 29.5. The summed E-state index contributed by atoms with van der Waals surface area (Å²) >= 11 is 0. The van der Waals surface area contributed by atoms with E-state index < -0.39 is 10.0 Å². The summed E-state index contributed by atoms with van der Waals surface area (Å²) in [6.45, 7) is 0. The van der Waals surface area contributed by atoms with Crippen LogP contribution in [0.5, 0.6) is 5.75 Å². The first-order chi connectivity index (χ1) is 13.9. The molecule has 1 aliphatic carbocycles. The molecule has 0 aromatic heterocycles. The Labute approximate surface area is 167 Å². The second kappa shape index (κ2) is 7.37. The van der Waals surface area contributed by atoms with Crippen molar-refractivity contribution < 1.29 is 18.3 Å². The van der Waals surface area contributed by atoms with Crippen LogP contribution in [-0.2, 0) is 10.0 Å². The molecule has 0 heterocycles.